The number of nitrogens with zero attached hydrogens (tertiary/aromatic N) is 1. The first-order chi connectivity index (χ1) is 6.14. The minimum absolute atomic E-state index is 0.148. The molecule has 0 aromatic rings. The molecule has 0 aromatic heterocycles. The van der Waals surface area contributed by atoms with Crippen molar-refractivity contribution in [1.82, 2.24) is 0 Å². The lowest BCUT2D eigenvalue weighted by Crippen LogP contribution is -2.42. The largest absolute Gasteiger partial charge is 0.470 e. The van der Waals surface area contributed by atoms with Gasteiger partial charge >= 0.3 is 7.82 Å². The maximum absolute atomic E-state index is 10.6. The minimum atomic E-state index is -4.46. The summed E-state index contributed by atoms with van der Waals surface area (Å²) in [6, 6.07) is 0. The van der Waals surface area contributed by atoms with E-state index in [-0.39, 0.29) is 13.0 Å². The number of likely N-dealkylation sites (N-methyl/N-ethyl adjacent to an activating group) is 1. The molecule has 1 atom stereocenters. The zero-order chi connectivity index (χ0) is 11.4. The molecule has 0 aliphatic carbocycles. The van der Waals surface area contributed by atoms with Gasteiger partial charge in [0.25, 0.3) is 0 Å². The van der Waals surface area contributed by atoms with E-state index in [2.05, 4.69) is 4.52 Å². The Kier molecular flexibility index (Phi) is 5.22. The first-order valence-corrected chi connectivity index (χ1v) is 5.82. The third-order valence-corrected chi connectivity index (χ3v) is 2.06. The van der Waals surface area contributed by atoms with E-state index in [4.69, 9.17) is 14.9 Å². The summed E-state index contributed by atoms with van der Waals surface area (Å²) < 4.78 is 15.6. The van der Waals surface area contributed by atoms with Crippen LogP contribution in [0.4, 0.5) is 0 Å². The Morgan fingerprint density at radius 2 is 1.86 bits per heavy atom. The van der Waals surface area contributed by atoms with Crippen molar-refractivity contribution in [1.29, 1.82) is 0 Å². The number of phosphoric acid groups is 1. The van der Waals surface area contributed by atoms with E-state index in [1.165, 1.54) is 0 Å². The second kappa shape index (κ2) is 5.21. The predicted molar refractivity (Wildman–Crippen MR) is 51.5 cm³/mol. The van der Waals surface area contributed by atoms with Gasteiger partial charge in [-0.15, -0.1) is 0 Å². The molecular formula is C7H19NO5P+. The van der Waals surface area contributed by atoms with Crippen LogP contribution in [-0.2, 0) is 9.09 Å². The lowest BCUT2D eigenvalue weighted by Gasteiger charge is -2.28. The van der Waals surface area contributed by atoms with Crippen LogP contribution < -0.4 is 0 Å². The molecule has 86 valence electrons. The van der Waals surface area contributed by atoms with Crippen LogP contribution in [0.5, 0.6) is 0 Å². The molecule has 3 N–H and O–H groups in total. The molecule has 0 fully saturated rings. The molecular weight excluding hydrogens is 209 g/mol. The van der Waals surface area contributed by atoms with E-state index >= 15 is 0 Å². The summed E-state index contributed by atoms with van der Waals surface area (Å²) in [5, 5.41) is 8.69. The van der Waals surface area contributed by atoms with Crippen LogP contribution in [0, 0.1) is 0 Å². The zero-order valence-corrected chi connectivity index (χ0v) is 9.65. The highest BCUT2D eigenvalue weighted by atomic mass is 31.2. The Morgan fingerprint density at radius 1 is 1.36 bits per heavy atom. The van der Waals surface area contributed by atoms with Gasteiger partial charge in [-0.1, -0.05) is 0 Å². The average Bonchev–Trinajstić information content (AvgIpc) is 1.78. The van der Waals surface area contributed by atoms with Crippen molar-refractivity contribution < 1.29 is 28.5 Å². The molecule has 0 unspecified atom stereocenters. The summed E-state index contributed by atoms with van der Waals surface area (Å²) in [7, 11) is 1.19. The molecule has 0 amide bonds. The molecule has 0 aliphatic rings. The summed E-state index contributed by atoms with van der Waals surface area (Å²) in [4.78, 5) is 17.2. The van der Waals surface area contributed by atoms with E-state index in [1.807, 2.05) is 21.1 Å². The van der Waals surface area contributed by atoms with Crippen molar-refractivity contribution in [3.8, 4) is 0 Å². The maximum atomic E-state index is 10.6. The van der Waals surface area contributed by atoms with Gasteiger partial charge in [-0.05, 0) is 0 Å². The molecule has 0 saturated carbocycles. The molecule has 0 spiro atoms. The predicted octanol–water partition coefficient (Wildman–Crippen LogP) is -0.447. The van der Waals surface area contributed by atoms with E-state index in [1.54, 1.807) is 0 Å². The van der Waals surface area contributed by atoms with E-state index in [0.29, 0.717) is 11.0 Å². The Morgan fingerprint density at radius 3 is 2.14 bits per heavy atom. The number of phosphoric ester groups is 1. The van der Waals surface area contributed by atoms with Crippen molar-refractivity contribution in [3.63, 3.8) is 0 Å². The van der Waals surface area contributed by atoms with Crippen molar-refractivity contribution in [3.05, 3.63) is 0 Å². The number of hydrogen-bond acceptors (Lipinski definition) is 3. The van der Waals surface area contributed by atoms with Crippen LogP contribution in [0.2, 0.25) is 0 Å². The lowest BCUT2D eigenvalue weighted by atomic mass is 10.2. The normalized spacial score (nSPS) is 15.6. The Balaban J connectivity index is 4.23. The fourth-order valence-electron chi connectivity index (χ4n) is 1.13. The highest BCUT2D eigenvalue weighted by Crippen LogP contribution is 2.38. The summed E-state index contributed by atoms with van der Waals surface area (Å²) in [5.74, 6) is 0. The standard InChI is InChI=1S/C7H18NO5P/c1-8(2,3)6-7(4-5-9)13-14(10,11)12/h7,9H,4-6H2,1-3H3,(H-,10,11,12)/p+1/t7-/m1/s1. The van der Waals surface area contributed by atoms with Crippen LogP contribution >= 0.6 is 7.82 Å². The van der Waals surface area contributed by atoms with E-state index < -0.39 is 13.9 Å². The van der Waals surface area contributed by atoms with Crippen LogP contribution in [0.3, 0.4) is 0 Å². The third kappa shape index (κ3) is 8.62. The van der Waals surface area contributed by atoms with Gasteiger partial charge in [0.15, 0.2) is 0 Å². The number of aliphatic hydroxyl groups excluding tert-OH is 1. The Bertz CT molecular complexity index is 209. The van der Waals surface area contributed by atoms with Crippen LogP contribution in [0.1, 0.15) is 6.42 Å². The number of quaternary nitrogens is 1. The molecule has 6 nitrogen and oxygen atoms in total. The summed E-state index contributed by atoms with van der Waals surface area (Å²) in [6.45, 7) is 0.288. The van der Waals surface area contributed by atoms with Gasteiger partial charge in [0.2, 0.25) is 0 Å². The van der Waals surface area contributed by atoms with Gasteiger partial charge in [0.05, 0.1) is 21.1 Å². The van der Waals surface area contributed by atoms with Crippen molar-refractivity contribution >= 4 is 7.82 Å². The second-order valence-electron chi connectivity index (χ2n) is 4.20. The molecule has 0 rings (SSSR count). The van der Waals surface area contributed by atoms with Crippen LogP contribution in [-0.4, -0.2) is 59.8 Å². The molecule has 0 saturated heterocycles. The maximum Gasteiger partial charge on any atom is 0.470 e. The molecule has 14 heavy (non-hydrogen) atoms. The monoisotopic (exact) mass is 228 g/mol. The molecule has 0 bridgehead atoms. The van der Waals surface area contributed by atoms with Crippen LogP contribution in [0.25, 0.3) is 0 Å². The van der Waals surface area contributed by atoms with Crippen molar-refractivity contribution in [2.45, 2.75) is 12.5 Å². The number of hydrogen-bond donors (Lipinski definition) is 3. The molecule has 0 aromatic carbocycles. The van der Waals surface area contributed by atoms with Gasteiger partial charge in [-0.3, -0.25) is 4.52 Å². The third-order valence-electron chi connectivity index (χ3n) is 1.49. The fourth-order valence-corrected chi connectivity index (χ4v) is 1.69. The topological polar surface area (TPSA) is 87.0 Å². The Labute approximate surface area is 83.9 Å². The Hall–Kier alpha value is 0.0300. The van der Waals surface area contributed by atoms with Gasteiger partial charge in [0, 0.05) is 13.0 Å². The number of rotatable bonds is 6. The molecule has 0 aliphatic heterocycles. The van der Waals surface area contributed by atoms with Gasteiger partial charge in [0.1, 0.15) is 12.6 Å². The van der Waals surface area contributed by atoms with Crippen LogP contribution in [0.15, 0.2) is 0 Å². The number of aliphatic hydroxyl groups is 1. The first-order valence-electron chi connectivity index (χ1n) is 4.29. The first kappa shape index (κ1) is 14.0. The SMILES string of the molecule is C[N+](C)(C)C[C@@H](CCO)OP(=O)(O)O. The lowest BCUT2D eigenvalue weighted by molar-refractivity contribution is -0.873. The molecule has 0 heterocycles. The fraction of sp³-hybridized carbons (Fsp3) is 1.00. The van der Waals surface area contributed by atoms with E-state index in [0.717, 1.165) is 0 Å². The smallest absolute Gasteiger partial charge is 0.396 e. The highest BCUT2D eigenvalue weighted by Gasteiger charge is 2.26. The van der Waals surface area contributed by atoms with Gasteiger partial charge in [-0.2, -0.15) is 0 Å². The quantitative estimate of drug-likeness (QED) is 0.423. The zero-order valence-electron chi connectivity index (χ0n) is 8.75. The summed E-state index contributed by atoms with van der Waals surface area (Å²) in [6.07, 6.45) is -0.401. The second-order valence-corrected chi connectivity index (χ2v) is 5.40. The average molecular weight is 228 g/mol. The molecule has 7 heteroatoms. The van der Waals surface area contributed by atoms with Crippen molar-refractivity contribution in [2.24, 2.45) is 0 Å². The summed E-state index contributed by atoms with van der Waals surface area (Å²) in [5.41, 5.74) is 0. The van der Waals surface area contributed by atoms with E-state index in [9.17, 15) is 4.57 Å². The molecule has 0 radical (unpaired) electrons. The summed E-state index contributed by atoms with van der Waals surface area (Å²) >= 11 is 0. The van der Waals surface area contributed by atoms with Crippen molar-refractivity contribution in [2.75, 3.05) is 34.3 Å². The van der Waals surface area contributed by atoms with Gasteiger partial charge < -0.3 is 19.4 Å². The minimum Gasteiger partial charge on any atom is -0.396 e. The highest BCUT2D eigenvalue weighted by molar-refractivity contribution is 7.46. The van der Waals surface area contributed by atoms with Gasteiger partial charge in [-0.25, -0.2) is 4.57 Å².